The Kier molecular flexibility index (Phi) is 4.31. The van der Waals surface area contributed by atoms with Crippen molar-refractivity contribution in [2.24, 2.45) is 0 Å². The van der Waals surface area contributed by atoms with Crippen molar-refractivity contribution in [2.45, 2.75) is 25.8 Å². The number of carbonyl (C=O) groups is 1. The monoisotopic (exact) mass is 250 g/mol. The normalized spacial score (nSPS) is 19.9. The number of benzene rings is 1. The van der Waals surface area contributed by atoms with Crippen LogP contribution in [0, 0.1) is 5.82 Å². The average Bonchev–Trinajstić information content (AvgIpc) is 2.38. The van der Waals surface area contributed by atoms with Crippen molar-refractivity contribution in [3.8, 4) is 0 Å². The molecule has 1 atom stereocenters. The molecule has 0 aliphatic carbocycles. The highest BCUT2D eigenvalue weighted by atomic mass is 19.1. The summed E-state index contributed by atoms with van der Waals surface area (Å²) in [6, 6.07) is 6.72. The Morgan fingerprint density at radius 2 is 2.17 bits per heavy atom. The molecule has 1 saturated heterocycles. The van der Waals surface area contributed by atoms with Gasteiger partial charge < -0.3 is 10.2 Å². The number of carbonyl (C=O) groups excluding carboxylic acids is 1. The van der Waals surface area contributed by atoms with E-state index in [-0.39, 0.29) is 11.7 Å². The van der Waals surface area contributed by atoms with E-state index in [0.29, 0.717) is 18.9 Å². The summed E-state index contributed by atoms with van der Waals surface area (Å²) in [6.45, 7) is 4.51. The van der Waals surface area contributed by atoms with Crippen LogP contribution in [-0.4, -0.2) is 36.5 Å². The number of halogens is 1. The first kappa shape index (κ1) is 13.0. The largest absolute Gasteiger partial charge is 0.340 e. The summed E-state index contributed by atoms with van der Waals surface area (Å²) in [4.78, 5) is 13.9. The third kappa shape index (κ3) is 3.53. The zero-order valence-corrected chi connectivity index (χ0v) is 10.7. The number of aryl methyl sites for hydroxylation is 1. The number of rotatable bonds is 3. The fourth-order valence-corrected chi connectivity index (χ4v) is 2.22. The molecule has 2 rings (SSSR count). The molecule has 0 bridgehead atoms. The van der Waals surface area contributed by atoms with Crippen LogP contribution in [0.3, 0.4) is 0 Å². The highest BCUT2D eigenvalue weighted by Crippen LogP contribution is 2.08. The molecule has 1 amide bonds. The van der Waals surface area contributed by atoms with Crippen molar-refractivity contribution in [3.05, 3.63) is 35.6 Å². The summed E-state index contributed by atoms with van der Waals surface area (Å²) in [5.74, 6) is -0.0475. The Balaban J connectivity index is 1.82. The van der Waals surface area contributed by atoms with E-state index in [1.54, 1.807) is 12.1 Å². The number of nitrogens with zero attached hydrogens (tertiary/aromatic N) is 1. The summed E-state index contributed by atoms with van der Waals surface area (Å²) in [7, 11) is 0. The van der Waals surface area contributed by atoms with E-state index in [0.717, 1.165) is 25.2 Å². The number of amides is 1. The van der Waals surface area contributed by atoms with Crippen molar-refractivity contribution >= 4 is 5.91 Å². The van der Waals surface area contributed by atoms with Gasteiger partial charge in [0.25, 0.3) is 0 Å². The topological polar surface area (TPSA) is 32.3 Å². The molecule has 4 heteroatoms. The summed E-state index contributed by atoms with van der Waals surface area (Å²) >= 11 is 0. The number of hydrogen-bond acceptors (Lipinski definition) is 2. The molecule has 98 valence electrons. The summed E-state index contributed by atoms with van der Waals surface area (Å²) in [6.07, 6.45) is 1.18. The van der Waals surface area contributed by atoms with Crippen molar-refractivity contribution in [3.63, 3.8) is 0 Å². The standard InChI is InChI=1S/C14H19FN2O/c1-11-10-17(9-8-16-11)14(18)7-4-12-2-5-13(15)6-3-12/h2-3,5-6,11,16H,4,7-10H2,1H3/t11-/m0/s1. The summed E-state index contributed by atoms with van der Waals surface area (Å²) < 4.78 is 12.7. The van der Waals surface area contributed by atoms with E-state index in [2.05, 4.69) is 12.2 Å². The summed E-state index contributed by atoms with van der Waals surface area (Å²) in [5.41, 5.74) is 1.01. The smallest absolute Gasteiger partial charge is 0.222 e. The van der Waals surface area contributed by atoms with Crippen LogP contribution in [0.2, 0.25) is 0 Å². The van der Waals surface area contributed by atoms with Gasteiger partial charge in [-0.25, -0.2) is 4.39 Å². The Morgan fingerprint density at radius 1 is 1.44 bits per heavy atom. The Bertz CT molecular complexity index is 405. The van der Waals surface area contributed by atoms with Crippen molar-refractivity contribution < 1.29 is 9.18 Å². The van der Waals surface area contributed by atoms with Crippen LogP contribution in [0.5, 0.6) is 0 Å². The molecular formula is C14H19FN2O. The number of piperazine rings is 1. The second-order valence-electron chi connectivity index (χ2n) is 4.82. The molecule has 18 heavy (non-hydrogen) atoms. The molecule has 1 aliphatic heterocycles. The zero-order valence-electron chi connectivity index (χ0n) is 10.7. The van der Waals surface area contributed by atoms with Crippen LogP contribution < -0.4 is 5.32 Å². The Labute approximate surface area is 107 Å². The fourth-order valence-electron chi connectivity index (χ4n) is 2.22. The molecule has 1 aromatic rings. The van der Waals surface area contributed by atoms with E-state index in [1.807, 2.05) is 4.90 Å². The minimum atomic E-state index is -0.235. The zero-order chi connectivity index (χ0) is 13.0. The molecule has 1 aromatic carbocycles. The maximum absolute atomic E-state index is 12.7. The molecule has 1 heterocycles. The third-order valence-electron chi connectivity index (χ3n) is 3.26. The maximum Gasteiger partial charge on any atom is 0.222 e. The van der Waals surface area contributed by atoms with E-state index in [4.69, 9.17) is 0 Å². The second-order valence-corrected chi connectivity index (χ2v) is 4.82. The van der Waals surface area contributed by atoms with Crippen molar-refractivity contribution in [1.82, 2.24) is 10.2 Å². The maximum atomic E-state index is 12.7. The van der Waals surface area contributed by atoms with E-state index >= 15 is 0 Å². The number of hydrogen-bond donors (Lipinski definition) is 1. The molecule has 0 radical (unpaired) electrons. The average molecular weight is 250 g/mol. The molecule has 0 unspecified atom stereocenters. The van der Waals surface area contributed by atoms with Gasteiger partial charge in [0.15, 0.2) is 0 Å². The molecule has 1 fully saturated rings. The van der Waals surface area contributed by atoms with Crippen LogP contribution in [0.1, 0.15) is 18.9 Å². The molecule has 0 aromatic heterocycles. The first-order chi connectivity index (χ1) is 8.65. The number of nitrogens with one attached hydrogen (secondary N) is 1. The van der Waals surface area contributed by atoms with Gasteiger partial charge in [-0.2, -0.15) is 0 Å². The molecular weight excluding hydrogens is 231 g/mol. The van der Waals surface area contributed by atoms with Gasteiger partial charge in [0.2, 0.25) is 5.91 Å². The van der Waals surface area contributed by atoms with Crippen LogP contribution in [-0.2, 0) is 11.2 Å². The quantitative estimate of drug-likeness (QED) is 0.883. The van der Waals surface area contributed by atoms with Gasteiger partial charge in [-0.15, -0.1) is 0 Å². The predicted molar refractivity (Wildman–Crippen MR) is 68.8 cm³/mol. The van der Waals surface area contributed by atoms with Gasteiger partial charge in [-0.1, -0.05) is 12.1 Å². The highest BCUT2D eigenvalue weighted by Gasteiger charge is 2.19. The highest BCUT2D eigenvalue weighted by molar-refractivity contribution is 5.76. The molecule has 0 spiro atoms. The molecule has 1 N–H and O–H groups in total. The first-order valence-electron chi connectivity index (χ1n) is 6.41. The summed E-state index contributed by atoms with van der Waals surface area (Å²) in [5, 5.41) is 3.31. The van der Waals surface area contributed by atoms with Crippen LogP contribution in [0.15, 0.2) is 24.3 Å². The lowest BCUT2D eigenvalue weighted by Crippen LogP contribution is -2.51. The van der Waals surface area contributed by atoms with Gasteiger partial charge in [0.05, 0.1) is 0 Å². The lowest BCUT2D eigenvalue weighted by molar-refractivity contribution is -0.132. The van der Waals surface area contributed by atoms with E-state index < -0.39 is 0 Å². The predicted octanol–water partition coefficient (Wildman–Crippen LogP) is 1.58. The lowest BCUT2D eigenvalue weighted by Gasteiger charge is -2.32. The van der Waals surface area contributed by atoms with Gasteiger partial charge >= 0.3 is 0 Å². The van der Waals surface area contributed by atoms with Gasteiger partial charge in [0, 0.05) is 32.1 Å². The van der Waals surface area contributed by atoms with Crippen LogP contribution >= 0.6 is 0 Å². The third-order valence-corrected chi connectivity index (χ3v) is 3.26. The lowest BCUT2D eigenvalue weighted by atomic mass is 10.1. The first-order valence-corrected chi connectivity index (χ1v) is 6.41. The minimum absolute atomic E-state index is 0.188. The molecule has 1 aliphatic rings. The molecule has 0 saturated carbocycles. The Hall–Kier alpha value is -1.42. The van der Waals surface area contributed by atoms with Crippen molar-refractivity contribution in [2.75, 3.05) is 19.6 Å². The fraction of sp³-hybridized carbons (Fsp3) is 0.500. The SMILES string of the molecule is C[C@H]1CN(C(=O)CCc2ccc(F)cc2)CCN1. The van der Waals surface area contributed by atoms with Crippen LogP contribution in [0.4, 0.5) is 4.39 Å². The minimum Gasteiger partial charge on any atom is -0.340 e. The van der Waals surface area contributed by atoms with Gasteiger partial charge in [0.1, 0.15) is 5.82 Å². The van der Waals surface area contributed by atoms with Crippen molar-refractivity contribution in [1.29, 1.82) is 0 Å². The second kappa shape index (κ2) is 5.96. The van der Waals surface area contributed by atoms with E-state index in [1.165, 1.54) is 12.1 Å². The van der Waals surface area contributed by atoms with Crippen LogP contribution in [0.25, 0.3) is 0 Å². The van der Waals surface area contributed by atoms with Gasteiger partial charge in [-0.05, 0) is 31.0 Å². The molecule has 3 nitrogen and oxygen atoms in total. The van der Waals surface area contributed by atoms with E-state index in [9.17, 15) is 9.18 Å². The Morgan fingerprint density at radius 3 is 2.83 bits per heavy atom. The van der Waals surface area contributed by atoms with Gasteiger partial charge in [-0.3, -0.25) is 4.79 Å².